The third-order valence-electron chi connectivity index (χ3n) is 2.13. The number of hydrogen-bond acceptors (Lipinski definition) is 3. The molecule has 16 heavy (non-hydrogen) atoms. The maximum atomic E-state index is 5.25. The Balaban J connectivity index is 2.23. The molecule has 0 heterocycles. The molecule has 1 unspecified atom stereocenters. The van der Waals surface area contributed by atoms with Crippen LogP contribution in [0.4, 0.5) is 0 Å². The molecule has 0 aromatic heterocycles. The van der Waals surface area contributed by atoms with Crippen LogP contribution < -0.4 is 5.48 Å². The lowest BCUT2D eigenvalue weighted by atomic mass is 10.1. The summed E-state index contributed by atoms with van der Waals surface area (Å²) in [6.45, 7) is 3.27. The molecule has 0 radical (unpaired) electrons. The molecule has 0 saturated carbocycles. The van der Waals surface area contributed by atoms with E-state index in [4.69, 9.17) is 9.57 Å². The molecule has 90 valence electrons. The summed E-state index contributed by atoms with van der Waals surface area (Å²) in [6, 6.07) is 8.61. The zero-order chi connectivity index (χ0) is 11.8. The van der Waals surface area contributed by atoms with Crippen LogP contribution in [0.2, 0.25) is 0 Å². The standard InChI is InChI=1S/C12H18BrNO2/c1-10(14-16-8-7-15-2)9-11-3-5-12(13)6-4-11/h3-6,10,14H,7-9H2,1-2H3. The molecule has 0 saturated heterocycles. The lowest BCUT2D eigenvalue weighted by Gasteiger charge is -2.13. The number of hydroxylamine groups is 1. The molecule has 0 amide bonds. The quantitative estimate of drug-likeness (QED) is 0.618. The number of hydrogen-bond donors (Lipinski definition) is 1. The first-order valence-corrected chi connectivity index (χ1v) is 6.12. The summed E-state index contributed by atoms with van der Waals surface area (Å²) in [5.74, 6) is 0. The Morgan fingerprint density at radius 3 is 2.56 bits per heavy atom. The van der Waals surface area contributed by atoms with Crippen molar-refractivity contribution in [2.75, 3.05) is 20.3 Å². The minimum atomic E-state index is 0.290. The fraction of sp³-hybridized carbons (Fsp3) is 0.500. The van der Waals surface area contributed by atoms with Gasteiger partial charge >= 0.3 is 0 Å². The minimum Gasteiger partial charge on any atom is -0.382 e. The summed E-state index contributed by atoms with van der Waals surface area (Å²) in [6.07, 6.45) is 0.945. The van der Waals surface area contributed by atoms with Crippen LogP contribution in [0.5, 0.6) is 0 Å². The van der Waals surface area contributed by atoms with Crippen LogP contribution in [0.3, 0.4) is 0 Å². The van der Waals surface area contributed by atoms with Gasteiger partial charge in [0.25, 0.3) is 0 Å². The fourth-order valence-corrected chi connectivity index (χ4v) is 1.61. The molecule has 1 aromatic rings. The zero-order valence-corrected chi connectivity index (χ0v) is 11.3. The van der Waals surface area contributed by atoms with Gasteiger partial charge in [0.15, 0.2) is 0 Å². The van der Waals surface area contributed by atoms with Crippen LogP contribution >= 0.6 is 15.9 Å². The van der Waals surface area contributed by atoms with E-state index < -0.39 is 0 Å². The second-order valence-corrected chi connectivity index (χ2v) is 4.61. The Morgan fingerprint density at radius 2 is 1.94 bits per heavy atom. The van der Waals surface area contributed by atoms with E-state index in [0.717, 1.165) is 10.9 Å². The van der Waals surface area contributed by atoms with Crippen molar-refractivity contribution in [3.8, 4) is 0 Å². The lowest BCUT2D eigenvalue weighted by molar-refractivity contribution is -0.00863. The topological polar surface area (TPSA) is 30.5 Å². The Labute approximate surface area is 105 Å². The van der Waals surface area contributed by atoms with Gasteiger partial charge in [-0.05, 0) is 31.0 Å². The maximum Gasteiger partial charge on any atom is 0.0915 e. The second kappa shape index (κ2) is 7.79. The second-order valence-electron chi connectivity index (χ2n) is 3.69. The first kappa shape index (κ1) is 13.6. The van der Waals surface area contributed by atoms with Gasteiger partial charge in [0.1, 0.15) is 0 Å². The SMILES string of the molecule is COCCONC(C)Cc1ccc(Br)cc1. The molecule has 0 aliphatic heterocycles. The van der Waals surface area contributed by atoms with Gasteiger partial charge < -0.3 is 4.74 Å². The Kier molecular flexibility index (Phi) is 6.64. The zero-order valence-electron chi connectivity index (χ0n) is 9.70. The largest absolute Gasteiger partial charge is 0.382 e. The minimum absolute atomic E-state index is 0.290. The highest BCUT2D eigenvalue weighted by atomic mass is 79.9. The van der Waals surface area contributed by atoms with Crippen LogP contribution in [0.25, 0.3) is 0 Å². The molecule has 4 heteroatoms. The van der Waals surface area contributed by atoms with Crippen molar-refractivity contribution < 1.29 is 9.57 Å². The van der Waals surface area contributed by atoms with Gasteiger partial charge in [0.2, 0.25) is 0 Å². The number of rotatable bonds is 7. The highest BCUT2D eigenvalue weighted by molar-refractivity contribution is 9.10. The number of benzene rings is 1. The van der Waals surface area contributed by atoms with Crippen LogP contribution in [0.1, 0.15) is 12.5 Å². The van der Waals surface area contributed by atoms with Crippen LogP contribution in [0.15, 0.2) is 28.7 Å². The Morgan fingerprint density at radius 1 is 1.25 bits per heavy atom. The average Bonchev–Trinajstić information content (AvgIpc) is 2.28. The third kappa shape index (κ3) is 5.61. The summed E-state index contributed by atoms with van der Waals surface area (Å²) in [5.41, 5.74) is 4.28. The Hall–Kier alpha value is -0.420. The van der Waals surface area contributed by atoms with Crippen molar-refractivity contribution >= 4 is 15.9 Å². The van der Waals surface area contributed by atoms with E-state index >= 15 is 0 Å². The summed E-state index contributed by atoms with van der Waals surface area (Å²) in [7, 11) is 1.66. The van der Waals surface area contributed by atoms with Crippen LogP contribution in [-0.4, -0.2) is 26.4 Å². The van der Waals surface area contributed by atoms with Crippen molar-refractivity contribution in [1.29, 1.82) is 0 Å². The first-order chi connectivity index (χ1) is 7.72. The molecule has 0 bridgehead atoms. The highest BCUT2D eigenvalue weighted by Gasteiger charge is 2.02. The fourth-order valence-electron chi connectivity index (χ4n) is 1.34. The van der Waals surface area contributed by atoms with Crippen molar-refractivity contribution in [2.24, 2.45) is 0 Å². The van der Waals surface area contributed by atoms with Crippen LogP contribution in [-0.2, 0) is 16.0 Å². The van der Waals surface area contributed by atoms with Crippen molar-refractivity contribution in [3.63, 3.8) is 0 Å². The number of nitrogens with one attached hydrogen (secondary N) is 1. The number of methoxy groups -OCH3 is 1. The smallest absolute Gasteiger partial charge is 0.0915 e. The van der Waals surface area contributed by atoms with Gasteiger partial charge in [-0.25, -0.2) is 0 Å². The molecule has 0 fully saturated rings. The van der Waals surface area contributed by atoms with Gasteiger partial charge in [-0.2, -0.15) is 5.48 Å². The normalized spacial score (nSPS) is 12.7. The molecule has 1 aromatic carbocycles. The molecule has 1 atom stereocenters. The molecular formula is C12H18BrNO2. The van der Waals surface area contributed by atoms with E-state index in [-0.39, 0.29) is 6.04 Å². The number of ether oxygens (including phenoxy) is 1. The van der Waals surface area contributed by atoms with E-state index in [1.54, 1.807) is 7.11 Å². The van der Waals surface area contributed by atoms with Gasteiger partial charge in [-0.3, -0.25) is 4.84 Å². The van der Waals surface area contributed by atoms with Crippen molar-refractivity contribution in [3.05, 3.63) is 34.3 Å². The predicted octanol–water partition coefficient (Wildman–Crippen LogP) is 2.55. The molecule has 3 nitrogen and oxygen atoms in total. The van der Waals surface area contributed by atoms with Crippen LogP contribution in [0, 0.1) is 0 Å². The van der Waals surface area contributed by atoms with Gasteiger partial charge in [0.05, 0.1) is 13.2 Å². The van der Waals surface area contributed by atoms with Crippen molar-refractivity contribution in [2.45, 2.75) is 19.4 Å². The first-order valence-electron chi connectivity index (χ1n) is 5.33. The Bertz CT molecular complexity index is 290. The molecule has 0 aliphatic carbocycles. The lowest BCUT2D eigenvalue weighted by Crippen LogP contribution is -2.29. The molecule has 0 spiro atoms. The molecule has 1 N–H and O–H groups in total. The predicted molar refractivity (Wildman–Crippen MR) is 68.3 cm³/mol. The van der Waals surface area contributed by atoms with Gasteiger partial charge in [-0.15, -0.1) is 0 Å². The number of halogens is 1. The van der Waals surface area contributed by atoms with E-state index in [2.05, 4.69) is 40.5 Å². The summed E-state index contributed by atoms with van der Waals surface area (Å²) in [4.78, 5) is 5.25. The van der Waals surface area contributed by atoms with E-state index in [0.29, 0.717) is 13.2 Å². The summed E-state index contributed by atoms with van der Waals surface area (Å²) in [5, 5.41) is 0. The van der Waals surface area contributed by atoms with E-state index in [1.807, 2.05) is 12.1 Å². The molecular weight excluding hydrogens is 270 g/mol. The molecule has 1 rings (SSSR count). The molecule has 0 aliphatic rings. The van der Waals surface area contributed by atoms with Gasteiger partial charge in [-0.1, -0.05) is 28.1 Å². The van der Waals surface area contributed by atoms with E-state index in [1.165, 1.54) is 5.56 Å². The third-order valence-corrected chi connectivity index (χ3v) is 2.66. The monoisotopic (exact) mass is 287 g/mol. The average molecular weight is 288 g/mol. The van der Waals surface area contributed by atoms with E-state index in [9.17, 15) is 0 Å². The van der Waals surface area contributed by atoms with Gasteiger partial charge in [0, 0.05) is 17.6 Å². The summed E-state index contributed by atoms with van der Waals surface area (Å²) >= 11 is 3.42. The highest BCUT2D eigenvalue weighted by Crippen LogP contribution is 2.11. The van der Waals surface area contributed by atoms with Crippen molar-refractivity contribution in [1.82, 2.24) is 5.48 Å². The maximum absolute atomic E-state index is 5.25. The summed E-state index contributed by atoms with van der Waals surface area (Å²) < 4.78 is 5.99.